The van der Waals surface area contributed by atoms with E-state index in [1.807, 2.05) is 0 Å². The van der Waals surface area contributed by atoms with Gasteiger partial charge in [-0.15, -0.1) is 0 Å². The highest BCUT2D eigenvalue weighted by molar-refractivity contribution is 5.51. The molecule has 1 aromatic heterocycles. The molecule has 1 aromatic rings. The van der Waals surface area contributed by atoms with Gasteiger partial charge in [0.1, 0.15) is 6.07 Å². The van der Waals surface area contributed by atoms with Gasteiger partial charge in [0, 0.05) is 38.1 Å². The molecule has 2 fully saturated rings. The lowest BCUT2D eigenvalue weighted by Crippen LogP contribution is -2.34. The third-order valence-electron chi connectivity index (χ3n) is 3.99. The van der Waals surface area contributed by atoms with E-state index in [1.165, 1.54) is 0 Å². The van der Waals surface area contributed by atoms with Crippen molar-refractivity contribution in [1.29, 1.82) is 5.26 Å². The lowest BCUT2D eigenvalue weighted by Gasteiger charge is -2.25. The Kier molecular flexibility index (Phi) is 2.45. The molecule has 3 unspecified atom stereocenters. The average molecular weight is 229 g/mol. The average Bonchev–Trinajstić information content (AvgIpc) is 2.93. The highest BCUT2D eigenvalue weighted by Crippen LogP contribution is 2.35. The number of rotatable bonds is 1. The van der Waals surface area contributed by atoms with Gasteiger partial charge in [-0.1, -0.05) is 0 Å². The van der Waals surface area contributed by atoms with Gasteiger partial charge in [-0.25, -0.2) is 9.97 Å². The lowest BCUT2D eigenvalue weighted by molar-refractivity contribution is 0.471. The van der Waals surface area contributed by atoms with E-state index in [-0.39, 0.29) is 0 Å². The number of anilines is 1. The molecule has 2 aliphatic rings. The first-order valence-corrected chi connectivity index (χ1v) is 5.99. The smallest absolute Gasteiger partial charge is 0.183 e. The van der Waals surface area contributed by atoms with E-state index < -0.39 is 0 Å². The van der Waals surface area contributed by atoms with Crippen LogP contribution in [0.2, 0.25) is 0 Å². The van der Waals surface area contributed by atoms with E-state index in [4.69, 9.17) is 5.26 Å². The topological polar surface area (TPSA) is 64.8 Å². The molecule has 17 heavy (non-hydrogen) atoms. The molecule has 1 N–H and O–H groups in total. The Morgan fingerprint density at radius 3 is 3.00 bits per heavy atom. The highest BCUT2D eigenvalue weighted by atomic mass is 15.3. The first-order chi connectivity index (χ1) is 8.31. The maximum atomic E-state index is 9.08. The quantitative estimate of drug-likeness (QED) is 0.754. The number of hydrogen-bond acceptors (Lipinski definition) is 5. The van der Waals surface area contributed by atoms with Gasteiger partial charge in [-0.05, 0) is 18.8 Å². The van der Waals surface area contributed by atoms with Crippen LogP contribution in [0, 0.1) is 23.2 Å². The second-order valence-electron chi connectivity index (χ2n) is 4.82. The van der Waals surface area contributed by atoms with E-state index in [0.29, 0.717) is 23.6 Å². The van der Waals surface area contributed by atoms with E-state index in [0.717, 1.165) is 25.5 Å². The summed E-state index contributed by atoms with van der Waals surface area (Å²) < 4.78 is 0. The molecule has 0 radical (unpaired) electrons. The zero-order chi connectivity index (χ0) is 11.8. The van der Waals surface area contributed by atoms with Gasteiger partial charge in [0.15, 0.2) is 11.5 Å². The molecular weight excluding hydrogens is 214 g/mol. The van der Waals surface area contributed by atoms with Crippen molar-refractivity contribution >= 4 is 5.82 Å². The van der Waals surface area contributed by atoms with E-state index in [1.54, 1.807) is 12.4 Å². The summed E-state index contributed by atoms with van der Waals surface area (Å²) in [5.41, 5.74) is 0.437. The highest BCUT2D eigenvalue weighted by Gasteiger charge is 2.42. The van der Waals surface area contributed by atoms with Gasteiger partial charge in [-0.2, -0.15) is 5.26 Å². The lowest BCUT2D eigenvalue weighted by atomic mass is 9.95. The third-order valence-corrected chi connectivity index (χ3v) is 3.99. The van der Waals surface area contributed by atoms with Crippen molar-refractivity contribution < 1.29 is 0 Å². The molecule has 0 bridgehead atoms. The molecule has 0 spiro atoms. The number of aromatic nitrogens is 2. The summed E-state index contributed by atoms with van der Waals surface area (Å²) in [5.74, 6) is 2.10. The Morgan fingerprint density at radius 2 is 2.24 bits per heavy atom. The Hall–Kier alpha value is -1.67. The summed E-state index contributed by atoms with van der Waals surface area (Å²) in [5, 5.41) is 12.5. The number of hydrogen-bond donors (Lipinski definition) is 1. The molecule has 0 aliphatic carbocycles. The maximum absolute atomic E-state index is 9.08. The largest absolute Gasteiger partial charge is 0.351 e. The number of nitrogens with one attached hydrogen (secondary N) is 1. The Labute approximate surface area is 100 Å². The van der Waals surface area contributed by atoms with E-state index in [2.05, 4.69) is 33.2 Å². The van der Waals surface area contributed by atoms with Crippen LogP contribution in [0.3, 0.4) is 0 Å². The van der Waals surface area contributed by atoms with Crippen molar-refractivity contribution in [3.05, 3.63) is 18.1 Å². The molecule has 0 saturated carbocycles. The fourth-order valence-corrected chi connectivity index (χ4v) is 3.07. The predicted octanol–water partition coefficient (Wildman–Crippen LogP) is 0.392. The molecule has 3 rings (SSSR count). The standard InChI is InChI=1S/C12H15N5/c1-8-10-6-14-5-9(10)7-17(8)12-11(4-13)15-2-3-16-12/h2-3,8-10,14H,5-7H2,1H3. The molecular formula is C12H15N5. The van der Waals surface area contributed by atoms with Crippen LogP contribution in [0.15, 0.2) is 12.4 Å². The van der Waals surface area contributed by atoms with Crippen LogP contribution in [0.25, 0.3) is 0 Å². The zero-order valence-corrected chi connectivity index (χ0v) is 9.80. The minimum atomic E-state index is 0.429. The van der Waals surface area contributed by atoms with Gasteiger partial charge in [0.2, 0.25) is 0 Å². The van der Waals surface area contributed by atoms with Crippen molar-refractivity contribution in [1.82, 2.24) is 15.3 Å². The van der Waals surface area contributed by atoms with Gasteiger partial charge in [0.05, 0.1) is 0 Å². The maximum Gasteiger partial charge on any atom is 0.183 e. The van der Waals surface area contributed by atoms with Gasteiger partial charge in [-0.3, -0.25) is 0 Å². The predicted molar refractivity (Wildman–Crippen MR) is 63.4 cm³/mol. The van der Waals surface area contributed by atoms with E-state index >= 15 is 0 Å². The van der Waals surface area contributed by atoms with Crippen molar-refractivity contribution in [2.24, 2.45) is 11.8 Å². The molecule has 2 saturated heterocycles. The molecule has 5 heteroatoms. The summed E-state index contributed by atoms with van der Waals surface area (Å²) in [6.45, 7) is 5.35. The third kappa shape index (κ3) is 1.56. The summed E-state index contributed by atoms with van der Waals surface area (Å²) in [6.07, 6.45) is 3.24. The van der Waals surface area contributed by atoms with Crippen LogP contribution in [-0.2, 0) is 0 Å². The van der Waals surface area contributed by atoms with Crippen LogP contribution >= 0.6 is 0 Å². The minimum Gasteiger partial charge on any atom is -0.351 e. The normalized spacial score (nSPS) is 31.3. The first kappa shape index (κ1) is 10.5. The van der Waals surface area contributed by atoms with Crippen LogP contribution in [-0.4, -0.2) is 35.6 Å². The summed E-state index contributed by atoms with van der Waals surface area (Å²) in [7, 11) is 0. The minimum absolute atomic E-state index is 0.429. The Balaban J connectivity index is 1.93. The summed E-state index contributed by atoms with van der Waals surface area (Å²) in [4.78, 5) is 10.7. The number of nitrogens with zero attached hydrogens (tertiary/aromatic N) is 4. The van der Waals surface area contributed by atoms with Gasteiger partial charge in [0.25, 0.3) is 0 Å². The van der Waals surface area contributed by atoms with Crippen LogP contribution < -0.4 is 10.2 Å². The van der Waals surface area contributed by atoms with Gasteiger partial charge >= 0.3 is 0 Å². The fraction of sp³-hybridized carbons (Fsp3) is 0.583. The van der Waals surface area contributed by atoms with Crippen molar-refractivity contribution in [3.63, 3.8) is 0 Å². The van der Waals surface area contributed by atoms with Crippen LogP contribution in [0.1, 0.15) is 12.6 Å². The summed E-state index contributed by atoms with van der Waals surface area (Å²) in [6, 6.07) is 2.56. The molecule has 88 valence electrons. The monoisotopic (exact) mass is 229 g/mol. The van der Waals surface area contributed by atoms with Crippen LogP contribution in [0.5, 0.6) is 0 Å². The van der Waals surface area contributed by atoms with Crippen molar-refractivity contribution in [2.45, 2.75) is 13.0 Å². The zero-order valence-electron chi connectivity index (χ0n) is 9.80. The Morgan fingerprint density at radius 1 is 1.41 bits per heavy atom. The molecule has 5 nitrogen and oxygen atoms in total. The molecule has 0 amide bonds. The first-order valence-electron chi connectivity index (χ1n) is 5.99. The second kappa shape index (κ2) is 3.97. The number of nitriles is 1. The summed E-state index contributed by atoms with van der Waals surface area (Å²) >= 11 is 0. The van der Waals surface area contributed by atoms with Crippen LogP contribution in [0.4, 0.5) is 5.82 Å². The molecule has 2 aliphatic heterocycles. The molecule has 0 aromatic carbocycles. The number of fused-ring (bicyclic) bond motifs is 1. The second-order valence-corrected chi connectivity index (χ2v) is 4.82. The van der Waals surface area contributed by atoms with Crippen molar-refractivity contribution in [3.8, 4) is 6.07 Å². The Bertz CT molecular complexity index is 466. The molecule has 3 atom stereocenters. The fourth-order valence-electron chi connectivity index (χ4n) is 3.07. The SMILES string of the molecule is CC1C2CNCC2CN1c1nccnc1C#N. The van der Waals surface area contributed by atoms with E-state index in [9.17, 15) is 0 Å². The molecule has 3 heterocycles. The van der Waals surface area contributed by atoms with Crippen molar-refractivity contribution in [2.75, 3.05) is 24.5 Å². The van der Waals surface area contributed by atoms with Gasteiger partial charge < -0.3 is 10.2 Å².